The van der Waals surface area contributed by atoms with Gasteiger partial charge in [0.2, 0.25) is 6.79 Å². The molecule has 1 amide bonds. The average molecular weight is 584 g/mol. The summed E-state index contributed by atoms with van der Waals surface area (Å²) in [6.45, 7) is 21.0. The summed E-state index contributed by atoms with van der Waals surface area (Å²) in [5, 5.41) is 2.96. The number of nitrogens with one attached hydrogen (secondary N) is 1. The van der Waals surface area contributed by atoms with E-state index in [1.54, 1.807) is 7.11 Å². The summed E-state index contributed by atoms with van der Waals surface area (Å²) in [6.07, 6.45) is -2.04. The van der Waals surface area contributed by atoms with E-state index in [1.165, 1.54) is 0 Å². The Morgan fingerprint density at radius 2 is 1.77 bits per heavy atom. The molecule has 2 aliphatic heterocycles. The standard InChI is InChI=1S/C29H49NO9Si/c1-27(2,3)39-26(31)30-15-20(19-12-13-21-22(14-19)34-18-33-21)24(35-17-32-9)25-23(37-29(7,8)38-25)16-36-40(10,11)28(4,5)6/h12-14,20,23-25H,15-18H2,1-11H3,(H,30,31)/t20-,23-,24+,25+/m0/s1. The van der Waals surface area contributed by atoms with E-state index in [-0.39, 0.29) is 31.1 Å². The molecule has 3 rings (SSSR count). The third-order valence-electron chi connectivity index (χ3n) is 7.42. The van der Waals surface area contributed by atoms with Crippen molar-refractivity contribution < 1.29 is 42.4 Å². The lowest BCUT2D eigenvalue weighted by Crippen LogP contribution is -2.49. The fourth-order valence-corrected chi connectivity index (χ4v) is 5.45. The van der Waals surface area contributed by atoms with Crippen molar-refractivity contribution in [2.75, 3.05) is 33.8 Å². The van der Waals surface area contributed by atoms with Gasteiger partial charge in [-0.3, -0.25) is 0 Å². The molecule has 4 atom stereocenters. The van der Waals surface area contributed by atoms with Gasteiger partial charge in [-0.05, 0) is 70.4 Å². The number of ether oxygens (including phenoxy) is 7. The van der Waals surface area contributed by atoms with Gasteiger partial charge in [0.05, 0.1) is 12.7 Å². The lowest BCUT2D eigenvalue weighted by molar-refractivity contribution is -0.173. The van der Waals surface area contributed by atoms with Crippen molar-refractivity contribution >= 4 is 14.4 Å². The Balaban J connectivity index is 1.95. The van der Waals surface area contributed by atoms with Crippen LogP contribution >= 0.6 is 0 Å². The minimum atomic E-state index is -2.07. The molecule has 40 heavy (non-hydrogen) atoms. The lowest BCUT2D eigenvalue weighted by Gasteiger charge is -2.38. The average Bonchev–Trinajstić information content (AvgIpc) is 3.40. The molecule has 1 aromatic carbocycles. The van der Waals surface area contributed by atoms with Gasteiger partial charge >= 0.3 is 6.09 Å². The zero-order chi connectivity index (χ0) is 29.9. The minimum absolute atomic E-state index is 0.0221. The van der Waals surface area contributed by atoms with Crippen molar-refractivity contribution in [2.45, 2.75) is 109 Å². The monoisotopic (exact) mass is 583 g/mol. The van der Waals surface area contributed by atoms with Crippen LogP contribution in [0.5, 0.6) is 11.5 Å². The molecule has 0 spiro atoms. The highest BCUT2D eigenvalue weighted by Gasteiger charge is 2.50. The summed E-state index contributed by atoms with van der Waals surface area (Å²) in [5.74, 6) is 0.0555. The van der Waals surface area contributed by atoms with E-state index in [0.29, 0.717) is 18.1 Å². The van der Waals surface area contributed by atoms with Crippen molar-refractivity contribution in [1.82, 2.24) is 5.32 Å². The van der Waals surface area contributed by atoms with Gasteiger partial charge in [-0.2, -0.15) is 0 Å². The number of carbonyl (C=O) groups is 1. The second-order valence-electron chi connectivity index (χ2n) is 13.3. The highest BCUT2D eigenvalue weighted by molar-refractivity contribution is 6.74. The topological polar surface area (TPSA) is 103 Å². The Morgan fingerprint density at radius 1 is 1.10 bits per heavy atom. The number of rotatable bonds is 11. The maximum Gasteiger partial charge on any atom is 0.407 e. The largest absolute Gasteiger partial charge is 0.454 e. The van der Waals surface area contributed by atoms with Gasteiger partial charge in [0.25, 0.3) is 0 Å². The van der Waals surface area contributed by atoms with Gasteiger partial charge in [0, 0.05) is 19.6 Å². The molecule has 1 N–H and O–H groups in total. The van der Waals surface area contributed by atoms with E-state index in [4.69, 9.17) is 37.6 Å². The van der Waals surface area contributed by atoms with Gasteiger partial charge in [0.1, 0.15) is 24.6 Å². The van der Waals surface area contributed by atoms with Crippen LogP contribution in [0.2, 0.25) is 18.1 Å². The first-order valence-corrected chi connectivity index (χ1v) is 16.8. The van der Waals surface area contributed by atoms with Gasteiger partial charge in [0.15, 0.2) is 25.6 Å². The van der Waals surface area contributed by atoms with Crippen LogP contribution in [0.25, 0.3) is 0 Å². The van der Waals surface area contributed by atoms with Crippen molar-refractivity contribution in [1.29, 1.82) is 0 Å². The van der Waals surface area contributed by atoms with Crippen molar-refractivity contribution in [2.24, 2.45) is 0 Å². The van der Waals surface area contributed by atoms with E-state index in [1.807, 2.05) is 52.8 Å². The Labute approximate surface area is 240 Å². The van der Waals surface area contributed by atoms with Crippen LogP contribution in [0, 0.1) is 0 Å². The summed E-state index contributed by atoms with van der Waals surface area (Å²) in [4.78, 5) is 12.7. The van der Waals surface area contributed by atoms with Gasteiger partial charge < -0.3 is 42.9 Å². The molecule has 1 aromatic rings. The maximum absolute atomic E-state index is 12.7. The first-order chi connectivity index (χ1) is 18.4. The van der Waals surface area contributed by atoms with Crippen LogP contribution in [-0.2, 0) is 28.1 Å². The molecular weight excluding hydrogens is 534 g/mol. The van der Waals surface area contributed by atoms with Gasteiger partial charge in [-0.25, -0.2) is 4.79 Å². The molecule has 10 nitrogen and oxygen atoms in total. The number of hydrogen-bond acceptors (Lipinski definition) is 9. The maximum atomic E-state index is 12.7. The highest BCUT2D eigenvalue weighted by Crippen LogP contribution is 2.41. The first-order valence-electron chi connectivity index (χ1n) is 13.9. The van der Waals surface area contributed by atoms with Gasteiger partial charge in [-0.15, -0.1) is 0 Å². The second kappa shape index (κ2) is 12.5. The molecule has 0 aliphatic carbocycles. The summed E-state index contributed by atoms with van der Waals surface area (Å²) in [7, 11) is -0.500. The van der Waals surface area contributed by atoms with Crippen LogP contribution in [0.1, 0.15) is 66.9 Å². The molecule has 11 heteroatoms. The number of hydrogen-bond donors (Lipinski definition) is 1. The molecular formula is C29H49NO9Si. The van der Waals surface area contributed by atoms with E-state index in [2.05, 4.69) is 39.2 Å². The summed E-state index contributed by atoms with van der Waals surface area (Å²) < 4.78 is 47.8. The Kier molecular flexibility index (Phi) is 10.2. The molecule has 2 heterocycles. The number of carbonyl (C=O) groups excluding carboxylic acids is 1. The fourth-order valence-electron chi connectivity index (χ4n) is 4.44. The van der Waals surface area contributed by atoms with E-state index >= 15 is 0 Å². The zero-order valence-electron chi connectivity index (χ0n) is 26.0. The summed E-state index contributed by atoms with van der Waals surface area (Å²) in [5.41, 5.74) is 0.238. The molecule has 1 saturated heterocycles. The van der Waals surface area contributed by atoms with Crippen LogP contribution in [0.4, 0.5) is 4.79 Å². The van der Waals surface area contributed by atoms with Crippen LogP contribution in [0.3, 0.4) is 0 Å². The predicted molar refractivity (Wildman–Crippen MR) is 153 cm³/mol. The minimum Gasteiger partial charge on any atom is -0.454 e. The van der Waals surface area contributed by atoms with Crippen LogP contribution in [0.15, 0.2) is 18.2 Å². The van der Waals surface area contributed by atoms with Gasteiger partial charge in [-0.1, -0.05) is 26.8 Å². The molecule has 1 fully saturated rings. The Hall–Kier alpha value is -1.89. The molecule has 0 saturated carbocycles. The van der Waals surface area contributed by atoms with Crippen molar-refractivity contribution in [3.63, 3.8) is 0 Å². The van der Waals surface area contributed by atoms with E-state index in [0.717, 1.165) is 5.56 Å². The number of benzene rings is 1. The van der Waals surface area contributed by atoms with E-state index in [9.17, 15) is 4.79 Å². The smallest absolute Gasteiger partial charge is 0.407 e. The molecule has 2 aliphatic rings. The van der Waals surface area contributed by atoms with Crippen molar-refractivity contribution in [3.05, 3.63) is 23.8 Å². The summed E-state index contributed by atoms with van der Waals surface area (Å²) in [6, 6.07) is 5.72. The summed E-state index contributed by atoms with van der Waals surface area (Å²) >= 11 is 0. The SMILES string of the molecule is COCO[C@@H]([C@@H]1OC(C)(C)O[C@H]1CO[Si](C)(C)C(C)(C)C)[C@@H](CNC(=O)OC(C)(C)C)c1ccc2c(c1)OCO2. The Morgan fingerprint density at radius 3 is 2.40 bits per heavy atom. The molecule has 0 unspecified atom stereocenters. The van der Waals surface area contributed by atoms with Crippen molar-refractivity contribution in [3.8, 4) is 11.5 Å². The predicted octanol–water partition coefficient (Wildman–Crippen LogP) is 5.55. The molecule has 0 radical (unpaired) electrons. The normalized spacial score (nSPS) is 22.2. The molecule has 0 aromatic heterocycles. The number of fused-ring (bicyclic) bond motifs is 1. The Bertz CT molecular complexity index is 1000. The van der Waals surface area contributed by atoms with Crippen LogP contribution < -0.4 is 14.8 Å². The lowest BCUT2D eigenvalue weighted by atomic mass is 9.88. The molecule has 228 valence electrons. The zero-order valence-corrected chi connectivity index (χ0v) is 27.0. The number of methoxy groups -OCH3 is 1. The quantitative estimate of drug-likeness (QED) is 0.265. The van der Waals surface area contributed by atoms with Crippen LogP contribution in [-0.4, -0.2) is 78.0 Å². The second-order valence-corrected chi connectivity index (χ2v) is 18.2. The van der Waals surface area contributed by atoms with E-state index < -0.39 is 44.1 Å². The fraction of sp³-hybridized carbons (Fsp3) is 0.759. The highest BCUT2D eigenvalue weighted by atomic mass is 28.4. The number of amides is 1. The number of alkyl carbamates (subject to hydrolysis) is 1. The third kappa shape index (κ3) is 8.56. The molecule has 0 bridgehead atoms. The first kappa shape index (κ1) is 32.6. The third-order valence-corrected chi connectivity index (χ3v) is 11.9.